The number of hydrogen-bond donors (Lipinski definition) is 1. The van der Waals surface area contributed by atoms with Crippen molar-refractivity contribution in [1.29, 1.82) is 0 Å². The fraction of sp³-hybridized carbons (Fsp3) is 0.333. The zero-order chi connectivity index (χ0) is 18.8. The molecule has 0 radical (unpaired) electrons. The summed E-state index contributed by atoms with van der Waals surface area (Å²) in [5, 5.41) is 4.86. The van der Waals surface area contributed by atoms with Crippen molar-refractivity contribution in [2.45, 2.75) is 19.8 Å². The van der Waals surface area contributed by atoms with Gasteiger partial charge in [-0.25, -0.2) is 4.68 Å². The highest BCUT2D eigenvalue weighted by atomic mass is 35.5. The largest absolute Gasteiger partial charge is 0.369 e. The van der Waals surface area contributed by atoms with Crippen LogP contribution < -0.4 is 11.2 Å². The van der Waals surface area contributed by atoms with Gasteiger partial charge in [0.1, 0.15) is 0 Å². The highest BCUT2D eigenvalue weighted by Gasteiger charge is 2.28. The standard InChI is InChI=1S/C18H19ClN4O3/c1-11-10-15(24)16(21-23(11)14-4-2-13(19)3-5-14)18(26)22-8-6-12(7-9-22)17(20)25/h2-5,10,12H,6-9H2,1H3,(H2,20,25). The predicted octanol–water partition coefficient (Wildman–Crippen LogP) is 1.53. The molecule has 8 heteroatoms. The van der Waals surface area contributed by atoms with E-state index in [9.17, 15) is 14.4 Å². The van der Waals surface area contributed by atoms with Gasteiger partial charge in [-0.05, 0) is 44.0 Å². The number of primary amides is 1. The normalized spacial score (nSPS) is 15.1. The maximum atomic E-state index is 12.8. The molecular weight excluding hydrogens is 356 g/mol. The maximum absolute atomic E-state index is 12.8. The van der Waals surface area contributed by atoms with Crippen LogP contribution in [0.2, 0.25) is 5.02 Å². The quantitative estimate of drug-likeness (QED) is 0.880. The van der Waals surface area contributed by atoms with E-state index in [1.54, 1.807) is 40.8 Å². The Hall–Kier alpha value is -2.67. The van der Waals surface area contributed by atoms with Crippen molar-refractivity contribution >= 4 is 23.4 Å². The van der Waals surface area contributed by atoms with Crippen LogP contribution in [0, 0.1) is 12.8 Å². The zero-order valence-corrected chi connectivity index (χ0v) is 15.1. The predicted molar refractivity (Wildman–Crippen MR) is 97.4 cm³/mol. The molecule has 0 aliphatic carbocycles. The van der Waals surface area contributed by atoms with Gasteiger partial charge in [-0.3, -0.25) is 14.4 Å². The number of piperidine rings is 1. The summed E-state index contributed by atoms with van der Waals surface area (Å²) in [7, 11) is 0. The molecule has 2 aromatic rings. The Bertz CT molecular complexity index is 900. The summed E-state index contributed by atoms with van der Waals surface area (Å²) in [5.74, 6) is -1.01. The number of hydrogen-bond acceptors (Lipinski definition) is 4. The van der Waals surface area contributed by atoms with Crippen molar-refractivity contribution in [2.75, 3.05) is 13.1 Å². The van der Waals surface area contributed by atoms with Crippen molar-refractivity contribution in [3.63, 3.8) is 0 Å². The van der Waals surface area contributed by atoms with Crippen LogP contribution in [-0.2, 0) is 4.79 Å². The molecule has 0 bridgehead atoms. The second-order valence-electron chi connectivity index (χ2n) is 6.36. The van der Waals surface area contributed by atoms with E-state index in [1.165, 1.54) is 6.07 Å². The van der Waals surface area contributed by atoms with Gasteiger partial charge in [0.05, 0.1) is 5.69 Å². The first-order chi connectivity index (χ1) is 12.4. The van der Waals surface area contributed by atoms with Gasteiger partial charge in [-0.1, -0.05) is 11.6 Å². The number of rotatable bonds is 3. The monoisotopic (exact) mass is 374 g/mol. The minimum absolute atomic E-state index is 0.136. The van der Waals surface area contributed by atoms with Gasteiger partial charge in [0.15, 0.2) is 5.69 Å². The Balaban J connectivity index is 1.89. The van der Waals surface area contributed by atoms with Gasteiger partial charge in [0.2, 0.25) is 11.3 Å². The van der Waals surface area contributed by atoms with E-state index >= 15 is 0 Å². The molecular formula is C18H19ClN4O3. The second kappa shape index (κ2) is 7.29. The van der Waals surface area contributed by atoms with E-state index < -0.39 is 11.3 Å². The molecule has 3 rings (SSSR count). The van der Waals surface area contributed by atoms with E-state index in [-0.39, 0.29) is 17.5 Å². The van der Waals surface area contributed by atoms with Crippen molar-refractivity contribution in [3.05, 3.63) is 57.0 Å². The molecule has 26 heavy (non-hydrogen) atoms. The van der Waals surface area contributed by atoms with Crippen molar-refractivity contribution in [1.82, 2.24) is 14.7 Å². The number of aryl methyl sites for hydroxylation is 1. The summed E-state index contributed by atoms with van der Waals surface area (Å²) in [5.41, 5.74) is 6.07. The molecule has 1 aliphatic rings. The smallest absolute Gasteiger partial charge is 0.278 e. The van der Waals surface area contributed by atoms with Crippen LogP contribution in [0.1, 0.15) is 29.0 Å². The van der Waals surface area contributed by atoms with Gasteiger partial charge in [-0.2, -0.15) is 5.10 Å². The number of nitrogens with zero attached hydrogens (tertiary/aromatic N) is 3. The first-order valence-electron chi connectivity index (χ1n) is 8.32. The van der Waals surface area contributed by atoms with E-state index in [0.717, 1.165) is 0 Å². The summed E-state index contributed by atoms with van der Waals surface area (Å²) in [6.45, 7) is 2.50. The highest BCUT2D eigenvalue weighted by Crippen LogP contribution is 2.18. The molecule has 2 N–H and O–H groups in total. The zero-order valence-electron chi connectivity index (χ0n) is 14.3. The molecule has 7 nitrogen and oxygen atoms in total. The van der Waals surface area contributed by atoms with E-state index in [4.69, 9.17) is 17.3 Å². The third-order valence-corrected chi connectivity index (χ3v) is 4.82. The van der Waals surface area contributed by atoms with Gasteiger partial charge in [0.25, 0.3) is 5.91 Å². The van der Waals surface area contributed by atoms with Crippen LogP contribution in [0.5, 0.6) is 0 Å². The summed E-state index contributed by atoms with van der Waals surface area (Å²) >= 11 is 5.91. The number of carbonyl (C=O) groups excluding carboxylic acids is 2. The molecule has 136 valence electrons. The molecule has 0 spiro atoms. The van der Waals surface area contributed by atoms with E-state index in [2.05, 4.69) is 5.10 Å². The van der Waals surface area contributed by atoms with Gasteiger partial charge < -0.3 is 10.6 Å². The molecule has 0 atom stereocenters. The van der Waals surface area contributed by atoms with Gasteiger partial charge in [0, 0.05) is 35.8 Å². The lowest BCUT2D eigenvalue weighted by Gasteiger charge is -2.30. The third-order valence-electron chi connectivity index (χ3n) is 4.57. The Morgan fingerprint density at radius 1 is 1.19 bits per heavy atom. The minimum Gasteiger partial charge on any atom is -0.369 e. The van der Waals surface area contributed by atoms with Crippen molar-refractivity contribution in [3.8, 4) is 5.69 Å². The fourth-order valence-electron chi connectivity index (χ4n) is 3.06. The number of aromatic nitrogens is 2. The maximum Gasteiger partial charge on any atom is 0.278 e. The summed E-state index contributed by atoms with van der Waals surface area (Å²) in [6.07, 6.45) is 0.997. The molecule has 0 saturated carbocycles. The lowest BCUT2D eigenvalue weighted by atomic mass is 9.96. The number of likely N-dealkylation sites (tertiary alicyclic amines) is 1. The topological polar surface area (TPSA) is 98.3 Å². The Labute approximate surface area is 155 Å². The third kappa shape index (κ3) is 3.62. The van der Waals surface area contributed by atoms with Crippen molar-refractivity contribution in [2.24, 2.45) is 11.7 Å². The average Bonchev–Trinajstić information content (AvgIpc) is 2.62. The molecule has 1 fully saturated rings. The summed E-state index contributed by atoms with van der Waals surface area (Å²) < 4.78 is 1.54. The molecule has 1 aromatic heterocycles. The number of carbonyl (C=O) groups is 2. The van der Waals surface area contributed by atoms with Gasteiger partial charge >= 0.3 is 0 Å². The molecule has 1 aliphatic heterocycles. The SMILES string of the molecule is Cc1cc(=O)c(C(=O)N2CCC(C(N)=O)CC2)nn1-c1ccc(Cl)cc1. The first kappa shape index (κ1) is 18.1. The Morgan fingerprint density at radius 2 is 1.81 bits per heavy atom. The summed E-state index contributed by atoms with van der Waals surface area (Å²) in [6, 6.07) is 8.35. The Morgan fingerprint density at radius 3 is 2.38 bits per heavy atom. The fourth-order valence-corrected chi connectivity index (χ4v) is 3.18. The van der Waals surface area contributed by atoms with Crippen molar-refractivity contribution < 1.29 is 9.59 Å². The first-order valence-corrected chi connectivity index (χ1v) is 8.70. The molecule has 0 unspecified atom stereocenters. The number of halogens is 1. The minimum atomic E-state index is -0.430. The van der Waals surface area contributed by atoms with Crippen LogP contribution in [0.25, 0.3) is 5.69 Å². The van der Waals surface area contributed by atoms with E-state index in [0.29, 0.717) is 42.3 Å². The molecule has 1 aromatic carbocycles. The highest BCUT2D eigenvalue weighted by molar-refractivity contribution is 6.30. The van der Waals surface area contributed by atoms with Crippen LogP contribution >= 0.6 is 11.6 Å². The molecule has 1 saturated heterocycles. The van der Waals surface area contributed by atoms with Crippen LogP contribution in [0.4, 0.5) is 0 Å². The lowest BCUT2D eigenvalue weighted by molar-refractivity contribution is -0.123. The van der Waals surface area contributed by atoms with Crippen LogP contribution in [0.15, 0.2) is 35.1 Å². The number of benzene rings is 1. The lowest BCUT2D eigenvalue weighted by Crippen LogP contribution is -2.43. The van der Waals surface area contributed by atoms with Crippen LogP contribution in [-0.4, -0.2) is 39.6 Å². The number of nitrogens with two attached hydrogens (primary N) is 1. The van der Waals surface area contributed by atoms with Crippen LogP contribution in [0.3, 0.4) is 0 Å². The Kier molecular flexibility index (Phi) is 5.08. The molecule has 2 amide bonds. The van der Waals surface area contributed by atoms with Gasteiger partial charge in [-0.15, -0.1) is 0 Å². The summed E-state index contributed by atoms with van der Waals surface area (Å²) in [4.78, 5) is 37.9. The molecule has 2 heterocycles. The average molecular weight is 375 g/mol. The number of amides is 2. The van der Waals surface area contributed by atoms with E-state index in [1.807, 2.05) is 0 Å². The second-order valence-corrected chi connectivity index (χ2v) is 6.79.